The maximum atomic E-state index is 10.9. The molecule has 2 aromatic rings. The lowest BCUT2D eigenvalue weighted by Gasteiger charge is -2.06. The summed E-state index contributed by atoms with van der Waals surface area (Å²) in [6.07, 6.45) is 4.63. The second kappa shape index (κ2) is 5.99. The predicted molar refractivity (Wildman–Crippen MR) is 73.3 cm³/mol. The number of carboxylic acids is 1. The van der Waals surface area contributed by atoms with Crippen LogP contribution >= 0.6 is 0 Å². The number of aromatic nitrogens is 3. The summed E-state index contributed by atoms with van der Waals surface area (Å²) in [4.78, 5) is 24.9. The standard InChI is InChI=1S/C12H13N5O4/c1-8-5-15-16(7-8)3-2-13-11-10(17(20)21)4-9(6-14-11)12(18)19/h4-7H,2-3H2,1H3,(H,13,14)(H,18,19). The summed E-state index contributed by atoms with van der Waals surface area (Å²) < 4.78 is 1.69. The van der Waals surface area contributed by atoms with Crippen LogP contribution in [0.2, 0.25) is 0 Å². The minimum absolute atomic E-state index is 0.0360. The largest absolute Gasteiger partial charge is 0.478 e. The fourth-order valence-corrected chi connectivity index (χ4v) is 1.72. The molecule has 0 amide bonds. The van der Waals surface area contributed by atoms with E-state index in [0.717, 1.165) is 17.8 Å². The summed E-state index contributed by atoms with van der Waals surface area (Å²) in [5, 5.41) is 26.7. The summed E-state index contributed by atoms with van der Waals surface area (Å²) in [6, 6.07) is 0.982. The Morgan fingerprint density at radius 2 is 2.29 bits per heavy atom. The van der Waals surface area contributed by atoms with Crippen LogP contribution in [-0.4, -0.2) is 37.3 Å². The zero-order chi connectivity index (χ0) is 15.4. The molecule has 0 aliphatic carbocycles. The molecule has 2 rings (SSSR count). The minimum Gasteiger partial charge on any atom is -0.478 e. The van der Waals surface area contributed by atoms with E-state index >= 15 is 0 Å². The fourth-order valence-electron chi connectivity index (χ4n) is 1.72. The number of carboxylic acid groups (broad SMARTS) is 1. The molecular weight excluding hydrogens is 278 g/mol. The van der Waals surface area contributed by atoms with Gasteiger partial charge < -0.3 is 10.4 Å². The molecule has 0 spiro atoms. The van der Waals surface area contributed by atoms with Crippen LogP contribution in [0.3, 0.4) is 0 Å². The highest BCUT2D eigenvalue weighted by atomic mass is 16.6. The predicted octanol–water partition coefficient (Wildman–Crippen LogP) is 1.31. The van der Waals surface area contributed by atoms with Crippen LogP contribution in [0.25, 0.3) is 0 Å². The van der Waals surface area contributed by atoms with Gasteiger partial charge in [0.1, 0.15) is 0 Å². The van der Waals surface area contributed by atoms with Crippen LogP contribution < -0.4 is 5.32 Å². The third-order valence-corrected chi connectivity index (χ3v) is 2.71. The number of aryl methyl sites for hydroxylation is 1. The van der Waals surface area contributed by atoms with Gasteiger partial charge in [0.25, 0.3) is 0 Å². The Labute approximate surface area is 119 Å². The van der Waals surface area contributed by atoms with E-state index in [1.54, 1.807) is 10.9 Å². The molecule has 2 aromatic heterocycles. The van der Waals surface area contributed by atoms with Gasteiger partial charge in [-0.15, -0.1) is 0 Å². The van der Waals surface area contributed by atoms with Crippen molar-refractivity contribution in [3.05, 3.63) is 45.9 Å². The van der Waals surface area contributed by atoms with Crippen molar-refractivity contribution in [1.82, 2.24) is 14.8 Å². The van der Waals surface area contributed by atoms with Gasteiger partial charge in [-0.25, -0.2) is 9.78 Å². The first-order valence-corrected chi connectivity index (χ1v) is 6.08. The van der Waals surface area contributed by atoms with Crippen molar-refractivity contribution in [2.75, 3.05) is 11.9 Å². The maximum absolute atomic E-state index is 10.9. The third-order valence-electron chi connectivity index (χ3n) is 2.71. The van der Waals surface area contributed by atoms with E-state index in [1.807, 2.05) is 13.1 Å². The van der Waals surface area contributed by atoms with Gasteiger partial charge >= 0.3 is 11.7 Å². The molecule has 9 heteroatoms. The Morgan fingerprint density at radius 1 is 1.52 bits per heavy atom. The van der Waals surface area contributed by atoms with Gasteiger partial charge in [-0.2, -0.15) is 5.10 Å². The average molecular weight is 291 g/mol. The van der Waals surface area contributed by atoms with Gasteiger partial charge in [0, 0.05) is 25.0 Å². The molecule has 0 radical (unpaired) electrons. The Hall–Kier alpha value is -2.97. The molecule has 2 heterocycles. The van der Waals surface area contributed by atoms with Crippen molar-refractivity contribution in [3.63, 3.8) is 0 Å². The monoisotopic (exact) mass is 291 g/mol. The number of hydrogen-bond donors (Lipinski definition) is 2. The van der Waals surface area contributed by atoms with E-state index < -0.39 is 10.9 Å². The highest BCUT2D eigenvalue weighted by molar-refractivity contribution is 5.88. The molecule has 0 aromatic carbocycles. The van der Waals surface area contributed by atoms with Crippen molar-refractivity contribution in [2.45, 2.75) is 13.5 Å². The lowest BCUT2D eigenvalue weighted by molar-refractivity contribution is -0.384. The molecule has 0 unspecified atom stereocenters. The normalized spacial score (nSPS) is 10.3. The van der Waals surface area contributed by atoms with Gasteiger partial charge in [0.15, 0.2) is 0 Å². The number of carbonyl (C=O) groups is 1. The highest BCUT2D eigenvalue weighted by Gasteiger charge is 2.18. The number of hydrogen-bond acceptors (Lipinski definition) is 6. The second-order valence-corrected chi connectivity index (χ2v) is 4.36. The number of nitrogens with zero attached hydrogens (tertiary/aromatic N) is 4. The average Bonchev–Trinajstić information content (AvgIpc) is 2.84. The number of anilines is 1. The lowest BCUT2D eigenvalue weighted by Crippen LogP contribution is -2.13. The highest BCUT2D eigenvalue weighted by Crippen LogP contribution is 2.22. The van der Waals surface area contributed by atoms with Crippen molar-refractivity contribution in [3.8, 4) is 0 Å². The first-order chi connectivity index (χ1) is 9.97. The number of rotatable bonds is 6. The number of nitro groups is 1. The molecule has 0 aliphatic rings. The molecule has 0 atom stereocenters. The SMILES string of the molecule is Cc1cnn(CCNc2ncc(C(=O)O)cc2[N+](=O)[O-])c1. The van der Waals surface area contributed by atoms with Gasteiger partial charge in [0.05, 0.1) is 23.2 Å². The fraction of sp³-hybridized carbons (Fsp3) is 0.250. The minimum atomic E-state index is -1.26. The number of nitrogens with one attached hydrogen (secondary N) is 1. The zero-order valence-electron chi connectivity index (χ0n) is 11.2. The molecule has 21 heavy (non-hydrogen) atoms. The molecule has 0 aliphatic heterocycles. The Morgan fingerprint density at radius 3 is 2.86 bits per heavy atom. The summed E-state index contributed by atoms with van der Waals surface area (Å²) >= 11 is 0. The molecule has 0 fully saturated rings. The molecule has 0 saturated heterocycles. The van der Waals surface area contributed by atoms with Gasteiger partial charge in [-0.3, -0.25) is 14.8 Å². The Bertz CT molecular complexity index is 682. The molecule has 9 nitrogen and oxygen atoms in total. The summed E-state index contributed by atoms with van der Waals surface area (Å²) in [5.41, 5.74) is 0.423. The number of pyridine rings is 1. The molecular formula is C12H13N5O4. The third kappa shape index (κ3) is 3.53. The van der Waals surface area contributed by atoms with E-state index in [1.165, 1.54) is 0 Å². The van der Waals surface area contributed by atoms with Crippen LogP contribution in [0, 0.1) is 17.0 Å². The van der Waals surface area contributed by atoms with Gasteiger partial charge in [-0.05, 0) is 12.5 Å². The topological polar surface area (TPSA) is 123 Å². The molecule has 2 N–H and O–H groups in total. The van der Waals surface area contributed by atoms with E-state index in [0.29, 0.717) is 13.1 Å². The summed E-state index contributed by atoms with van der Waals surface area (Å²) in [7, 11) is 0. The van der Waals surface area contributed by atoms with E-state index in [-0.39, 0.29) is 17.1 Å². The van der Waals surface area contributed by atoms with Crippen LogP contribution in [0.5, 0.6) is 0 Å². The van der Waals surface area contributed by atoms with Crippen molar-refractivity contribution < 1.29 is 14.8 Å². The Kier molecular flexibility index (Phi) is 4.12. The molecule has 0 saturated carbocycles. The number of aromatic carboxylic acids is 1. The zero-order valence-corrected chi connectivity index (χ0v) is 11.2. The van der Waals surface area contributed by atoms with Crippen molar-refractivity contribution in [2.24, 2.45) is 0 Å². The lowest BCUT2D eigenvalue weighted by atomic mass is 10.2. The van der Waals surface area contributed by atoms with Crippen LogP contribution in [0.1, 0.15) is 15.9 Å². The first-order valence-electron chi connectivity index (χ1n) is 6.08. The van der Waals surface area contributed by atoms with Crippen molar-refractivity contribution in [1.29, 1.82) is 0 Å². The van der Waals surface area contributed by atoms with Gasteiger partial charge in [0.2, 0.25) is 5.82 Å². The summed E-state index contributed by atoms with van der Waals surface area (Å²) in [5.74, 6) is -1.22. The quantitative estimate of drug-likeness (QED) is 0.607. The van der Waals surface area contributed by atoms with Crippen LogP contribution in [0.4, 0.5) is 11.5 Å². The van der Waals surface area contributed by atoms with Crippen molar-refractivity contribution >= 4 is 17.5 Å². The van der Waals surface area contributed by atoms with Crippen LogP contribution in [-0.2, 0) is 6.54 Å². The maximum Gasteiger partial charge on any atom is 0.337 e. The van der Waals surface area contributed by atoms with Crippen LogP contribution in [0.15, 0.2) is 24.7 Å². The van der Waals surface area contributed by atoms with E-state index in [4.69, 9.17) is 5.11 Å². The molecule has 110 valence electrons. The smallest absolute Gasteiger partial charge is 0.337 e. The second-order valence-electron chi connectivity index (χ2n) is 4.36. The Balaban J connectivity index is 2.08. The van der Waals surface area contributed by atoms with Gasteiger partial charge in [-0.1, -0.05) is 0 Å². The van der Waals surface area contributed by atoms with E-state index in [9.17, 15) is 14.9 Å². The summed E-state index contributed by atoms with van der Waals surface area (Å²) in [6.45, 7) is 2.79. The molecule has 0 bridgehead atoms. The van der Waals surface area contributed by atoms with E-state index in [2.05, 4.69) is 15.4 Å². The first kappa shape index (κ1) is 14.4.